The van der Waals surface area contributed by atoms with Gasteiger partial charge < -0.3 is 14.6 Å². The van der Waals surface area contributed by atoms with Gasteiger partial charge in [0.1, 0.15) is 12.2 Å². The van der Waals surface area contributed by atoms with E-state index < -0.39 is 23.9 Å². The minimum atomic E-state index is -3.16. The first-order valence-corrected chi connectivity index (χ1v) is 4.10. The van der Waals surface area contributed by atoms with Crippen molar-refractivity contribution in [1.29, 1.82) is 0 Å². The summed E-state index contributed by atoms with van der Waals surface area (Å²) in [6, 6.07) is 0. The van der Waals surface area contributed by atoms with E-state index in [4.69, 9.17) is 14.6 Å². The molecule has 13 heavy (non-hydrogen) atoms. The van der Waals surface area contributed by atoms with E-state index >= 15 is 0 Å². The molecule has 2 atom stereocenters. The lowest BCUT2D eigenvalue weighted by molar-refractivity contribution is -0.183. The summed E-state index contributed by atoms with van der Waals surface area (Å²) in [4.78, 5) is 0. The molecule has 1 N–H and O–H groups in total. The highest BCUT2D eigenvalue weighted by Gasteiger charge is 2.45. The van der Waals surface area contributed by atoms with Gasteiger partial charge in [-0.3, -0.25) is 0 Å². The Kier molecular flexibility index (Phi) is 2.62. The van der Waals surface area contributed by atoms with Crippen LogP contribution in [0.5, 0.6) is 0 Å². The highest BCUT2D eigenvalue weighted by Crippen LogP contribution is 2.30. The van der Waals surface area contributed by atoms with Gasteiger partial charge in [-0.2, -0.15) is 0 Å². The molecule has 0 aromatic carbocycles. The Hall–Kier alpha value is -0.260. The second-order valence-electron chi connectivity index (χ2n) is 3.77. The molecule has 0 saturated carbocycles. The van der Waals surface area contributed by atoms with Crippen LogP contribution in [-0.4, -0.2) is 35.6 Å². The maximum Gasteiger partial charge on any atom is 0.273 e. The van der Waals surface area contributed by atoms with Crippen LogP contribution in [-0.2, 0) is 9.47 Å². The van der Waals surface area contributed by atoms with Crippen LogP contribution >= 0.6 is 0 Å². The van der Waals surface area contributed by atoms with Gasteiger partial charge in [-0.1, -0.05) is 0 Å². The molecule has 5 heteroatoms. The van der Waals surface area contributed by atoms with Gasteiger partial charge in [0, 0.05) is 6.92 Å². The van der Waals surface area contributed by atoms with Crippen LogP contribution in [0.25, 0.3) is 0 Å². The van der Waals surface area contributed by atoms with Crippen molar-refractivity contribution in [3.63, 3.8) is 0 Å². The SMILES string of the molecule is CC1(C)OC[C@H]([C@@H](O)C(C)(F)F)O1. The van der Waals surface area contributed by atoms with Crippen LogP contribution in [0.15, 0.2) is 0 Å². The minimum Gasteiger partial charge on any atom is -0.384 e. The van der Waals surface area contributed by atoms with Gasteiger partial charge in [-0.15, -0.1) is 0 Å². The molecule has 1 fully saturated rings. The molecule has 1 rings (SSSR count). The number of hydrogen-bond acceptors (Lipinski definition) is 3. The van der Waals surface area contributed by atoms with Crippen LogP contribution in [0.4, 0.5) is 8.78 Å². The van der Waals surface area contributed by atoms with Gasteiger partial charge in [-0.25, -0.2) is 8.78 Å². The van der Waals surface area contributed by atoms with Crippen molar-refractivity contribution in [2.75, 3.05) is 6.61 Å². The Bertz CT molecular complexity index is 188. The fraction of sp³-hybridized carbons (Fsp3) is 1.00. The second-order valence-corrected chi connectivity index (χ2v) is 3.77. The second kappa shape index (κ2) is 3.15. The van der Waals surface area contributed by atoms with Crippen molar-refractivity contribution in [3.8, 4) is 0 Å². The standard InChI is InChI=1S/C8H14F2O3/c1-7(2)12-4-5(13-7)6(11)8(3,9)10/h5-6,11H,4H2,1-3H3/t5-,6-/m1/s1. The molecule has 1 heterocycles. The van der Waals surface area contributed by atoms with Gasteiger partial charge in [-0.05, 0) is 13.8 Å². The first-order valence-electron chi connectivity index (χ1n) is 4.10. The summed E-state index contributed by atoms with van der Waals surface area (Å²) in [5.74, 6) is -4.04. The Morgan fingerprint density at radius 1 is 1.54 bits per heavy atom. The van der Waals surface area contributed by atoms with Crippen LogP contribution in [0.1, 0.15) is 20.8 Å². The maximum absolute atomic E-state index is 12.6. The summed E-state index contributed by atoms with van der Waals surface area (Å²) < 4.78 is 35.4. The van der Waals surface area contributed by atoms with Gasteiger partial charge in [0.25, 0.3) is 5.92 Å². The molecule has 0 aromatic rings. The average molecular weight is 196 g/mol. The molecular formula is C8H14F2O3. The third-order valence-electron chi connectivity index (χ3n) is 1.90. The fourth-order valence-corrected chi connectivity index (χ4v) is 1.20. The predicted octanol–water partition coefficient (Wildman–Crippen LogP) is 1.15. The van der Waals surface area contributed by atoms with E-state index in [9.17, 15) is 8.78 Å². The van der Waals surface area contributed by atoms with Gasteiger partial charge >= 0.3 is 0 Å². The number of rotatable bonds is 2. The summed E-state index contributed by atoms with van der Waals surface area (Å²) in [6.45, 7) is 3.89. The Labute approximate surface area is 75.6 Å². The quantitative estimate of drug-likeness (QED) is 0.720. The summed E-state index contributed by atoms with van der Waals surface area (Å²) in [7, 11) is 0. The lowest BCUT2D eigenvalue weighted by Crippen LogP contribution is -2.42. The monoisotopic (exact) mass is 196 g/mol. The molecule has 0 aliphatic carbocycles. The molecule has 0 aromatic heterocycles. The zero-order valence-corrected chi connectivity index (χ0v) is 7.88. The third-order valence-corrected chi connectivity index (χ3v) is 1.90. The summed E-state index contributed by atoms with van der Waals surface area (Å²) in [5, 5.41) is 9.16. The number of alkyl halides is 2. The van der Waals surface area contributed by atoms with E-state index in [1.54, 1.807) is 13.8 Å². The minimum absolute atomic E-state index is 0.00238. The van der Waals surface area contributed by atoms with Crippen molar-refractivity contribution >= 4 is 0 Å². The zero-order valence-electron chi connectivity index (χ0n) is 7.88. The first-order chi connectivity index (χ1) is 5.72. The Balaban J connectivity index is 2.57. The van der Waals surface area contributed by atoms with Crippen molar-refractivity contribution in [2.24, 2.45) is 0 Å². The topological polar surface area (TPSA) is 38.7 Å². The molecule has 0 amide bonds. The third kappa shape index (κ3) is 2.59. The van der Waals surface area contributed by atoms with Crippen LogP contribution < -0.4 is 0 Å². The van der Waals surface area contributed by atoms with E-state index in [1.165, 1.54) is 0 Å². The van der Waals surface area contributed by atoms with E-state index in [2.05, 4.69) is 0 Å². The number of ether oxygens (including phenoxy) is 2. The van der Waals surface area contributed by atoms with Crippen molar-refractivity contribution in [2.45, 2.75) is 44.7 Å². The maximum atomic E-state index is 12.6. The number of halogens is 2. The Morgan fingerprint density at radius 3 is 2.38 bits per heavy atom. The molecule has 0 bridgehead atoms. The summed E-state index contributed by atoms with van der Waals surface area (Å²) in [6.07, 6.45) is -2.76. The van der Waals surface area contributed by atoms with Gasteiger partial charge in [0.2, 0.25) is 0 Å². The van der Waals surface area contributed by atoms with E-state index in [-0.39, 0.29) is 6.61 Å². The molecule has 1 aliphatic rings. The molecule has 3 nitrogen and oxygen atoms in total. The van der Waals surface area contributed by atoms with Crippen LogP contribution in [0.3, 0.4) is 0 Å². The van der Waals surface area contributed by atoms with Crippen LogP contribution in [0.2, 0.25) is 0 Å². The van der Waals surface area contributed by atoms with Crippen LogP contribution in [0, 0.1) is 0 Å². The molecule has 0 unspecified atom stereocenters. The van der Waals surface area contributed by atoms with Crippen molar-refractivity contribution in [1.82, 2.24) is 0 Å². The molecule has 78 valence electrons. The first kappa shape index (κ1) is 10.8. The number of aliphatic hydroxyl groups excluding tert-OH is 1. The summed E-state index contributed by atoms with van der Waals surface area (Å²) >= 11 is 0. The van der Waals surface area contributed by atoms with Crippen molar-refractivity contribution < 1.29 is 23.4 Å². The fourth-order valence-electron chi connectivity index (χ4n) is 1.20. The zero-order chi connectivity index (χ0) is 10.3. The number of aliphatic hydroxyl groups is 1. The Morgan fingerprint density at radius 2 is 2.08 bits per heavy atom. The van der Waals surface area contributed by atoms with E-state index in [0.717, 1.165) is 0 Å². The highest BCUT2D eigenvalue weighted by atomic mass is 19.3. The molecule has 1 saturated heterocycles. The molecule has 0 radical (unpaired) electrons. The highest BCUT2D eigenvalue weighted by molar-refractivity contribution is 4.84. The van der Waals surface area contributed by atoms with Gasteiger partial charge in [0.15, 0.2) is 5.79 Å². The number of hydrogen-bond donors (Lipinski definition) is 1. The lowest BCUT2D eigenvalue weighted by atomic mass is 10.1. The molecule has 0 spiro atoms. The largest absolute Gasteiger partial charge is 0.384 e. The predicted molar refractivity (Wildman–Crippen MR) is 41.5 cm³/mol. The normalized spacial score (nSPS) is 30.5. The summed E-state index contributed by atoms with van der Waals surface area (Å²) in [5.41, 5.74) is 0. The molecular weight excluding hydrogens is 182 g/mol. The van der Waals surface area contributed by atoms with E-state index in [1.807, 2.05) is 0 Å². The van der Waals surface area contributed by atoms with Gasteiger partial charge in [0.05, 0.1) is 6.61 Å². The van der Waals surface area contributed by atoms with Crippen molar-refractivity contribution in [3.05, 3.63) is 0 Å². The smallest absolute Gasteiger partial charge is 0.273 e. The van der Waals surface area contributed by atoms with E-state index in [0.29, 0.717) is 6.92 Å². The molecule has 1 aliphatic heterocycles. The average Bonchev–Trinajstić information content (AvgIpc) is 2.26. The lowest BCUT2D eigenvalue weighted by Gasteiger charge is -2.24.